The van der Waals surface area contributed by atoms with Crippen LogP contribution in [0.15, 0.2) is 91.3 Å². The number of pyridine rings is 1. The zero-order chi connectivity index (χ0) is 24.5. The first-order chi connectivity index (χ1) is 17.1. The fourth-order valence-corrected chi connectivity index (χ4v) is 3.47. The van der Waals surface area contributed by atoms with Gasteiger partial charge in [0.2, 0.25) is 0 Å². The van der Waals surface area contributed by atoms with Crippen molar-refractivity contribution in [1.82, 2.24) is 4.98 Å². The van der Waals surface area contributed by atoms with Gasteiger partial charge in [0, 0.05) is 24.4 Å². The summed E-state index contributed by atoms with van der Waals surface area (Å²) in [5.41, 5.74) is 3.43. The van der Waals surface area contributed by atoms with Gasteiger partial charge in [0.15, 0.2) is 17.3 Å². The summed E-state index contributed by atoms with van der Waals surface area (Å²) in [4.78, 5) is 16.9. The summed E-state index contributed by atoms with van der Waals surface area (Å²) in [6.07, 6.45) is 3.65. The van der Waals surface area contributed by atoms with Crippen LogP contribution in [0, 0.1) is 0 Å². The fourth-order valence-electron chi connectivity index (χ4n) is 3.47. The van der Waals surface area contributed by atoms with Gasteiger partial charge in [-0.1, -0.05) is 24.3 Å². The maximum atomic E-state index is 12.9. The average molecular weight is 470 g/mol. The van der Waals surface area contributed by atoms with E-state index in [1.165, 1.54) is 0 Å². The van der Waals surface area contributed by atoms with Crippen LogP contribution in [0.5, 0.6) is 23.0 Å². The summed E-state index contributed by atoms with van der Waals surface area (Å²) in [6, 6.07) is 24.3. The quantitative estimate of drug-likeness (QED) is 0.263. The van der Waals surface area contributed by atoms with Crippen LogP contribution in [0.3, 0.4) is 0 Å². The lowest BCUT2D eigenvalue weighted by atomic mass is 10.0. The Bertz CT molecular complexity index is 1240. The molecule has 6 nitrogen and oxygen atoms in total. The first-order valence-electron chi connectivity index (χ1n) is 11.2. The number of hydrogen-bond donors (Lipinski definition) is 0. The van der Waals surface area contributed by atoms with Crippen molar-refractivity contribution < 1.29 is 23.7 Å². The Kier molecular flexibility index (Phi) is 7.96. The molecule has 0 atom stereocenters. The largest absolute Gasteiger partial charge is 0.497 e. The molecule has 0 spiro atoms. The summed E-state index contributed by atoms with van der Waals surface area (Å²) in [7, 11) is 3.27. The lowest BCUT2D eigenvalue weighted by molar-refractivity contribution is 0.0992. The van der Waals surface area contributed by atoms with E-state index in [4.69, 9.17) is 18.9 Å². The van der Waals surface area contributed by atoms with Crippen LogP contribution in [0.2, 0.25) is 0 Å². The molecule has 0 aliphatic rings. The molecule has 0 aliphatic carbocycles. The van der Waals surface area contributed by atoms with Gasteiger partial charge in [-0.05, 0) is 71.3 Å². The second kappa shape index (κ2) is 11.7. The number of Topliss-reactive ketones (excluding diaryl/α,β-unsaturated/α-hetero) is 1. The second-order valence-electron chi connectivity index (χ2n) is 7.89. The van der Waals surface area contributed by atoms with E-state index in [-0.39, 0.29) is 12.2 Å². The summed E-state index contributed by atoms with van der Waals surface area (Å²) >= 11 is 0. The minimum atomic E-state index is -0.00722. The van der Waals surface area contributed by atoms with E-state index >= 15 is 0 Å². The van der Waals surface area contributed by atoms with E-state index in [9.17, 15) is 4.79 Å². The van der Waals surface area contributed by atoms with Crippen LogP contribution < -0.4 is 18.9 Å². The van der Waals surface area contributed by atoms with E-state index in [1.807, 2.05) is 60.7 Å². The predicted octanol–water partition coefficient (Wildman–Crippen LogP) is 5.68. The molecular weight excluding hydrogens is 442 g/mol. The molecule has 0 N–H and O–H groups in total. The molecule has 3 aromatic carbocycles. The van der Waals surface area contributed by atoms with Crippen molar-refractivity contribution in [3.63, 3.8) is 0 Å². The van der Waals surface area contributed by atoms with Gasteiger partial charge in [0.05, 0.1) is 14.2 Å². The summed E-state index contributed by atoms with van der Waals surface area (Å²) < 4.78 is 22.6. The van der Waals surface area contributed by atoms with Crippen LogP contribution >= 0.6 is 0 Å². The molecule has 0 radical (unpaired) electrons. The zero-order valence-corrected chi connectivity index (χ0v) is 19.8. The summed E-state index contributed by atoms with van der Waals surface area (Å²) in [5.74, 6) is 2.63. The van der Waals surface area contributed by atoms with E-state index in [0.717, 1.165) is 28.2 Å². The van der Waals surface area contributed by atoms with Crippen molar-refractivity contribution in [1.29, 1.82) is 0 Å². The minimum Gasteiger partial charge on any atom is -0.497 e. The van der Waals surface area contributed by atoms with Gasteiger partial charge >= 0.3 is 0 Å². The third-order valence-corrected chi connectivity index (χ3v) is 5.49. The van der Waals surface area contributed by atoms with Crippen LogP contribution in [0.4, 0.5) is 0 Å². The van der Waals surface area contributed by atoms with Crippen molar-refractivity contribution in [2.75, 3.05) is 14.2 Å². The van der Waals surface area contributed by atoms with Gasteiger partial charge in [-0.3, -0.25) is 9.78 Å². The van der Waals surface area contributed by atoms with Crippen LogP contribution in [-0.4, -0.2) is 25.0 Å². The summed E-state index contributed by atoms with van der Waals surface area (Å²) in [5, 5.41) is 0. The number of hydrogen-bond acceptors (Lipinski definition) is 6. The highest BCUT2D eigenvalue weighted by atomic mass is 16.5. The minimum absolute atomic E-state index is 0.00722. The molecule has 0 bridgehead atoms. The Hall–Kier alpha value is -4.32. The highest BCUT2D eigenvalue weighted by Crippen LogP contribution is 2.31. The Morgan fingerprint density at radius 3 is 1.74 bits per heavy atom. The van der Waals surface area contributed by atoms with Gasteiger partial charge in [-0.25, -0.2) is 0 Å². The Labute approximate surface area is 205 Å². The topological polar surface area (TPSA) is 66.9 Å². The van der Waals surface area contributed by atoms with Gasteiger partial charge in [0.25, 0.3) is 0 Å². The first kappa shape index (κ1) is 23.8. The van der Waals surface area contributed by atoms with Crippen LogP contribution in [0.1, 0.15) is 27.0 Å². The van der Waals surface area contributed by atoms with Crippen molar-refractivity contribution in [2.45, 2.75) is 19.6 Å². The number of benzene rings is 3. The van der Waals surface area contributed by atoms with Gasteiger partial charge in [0.1, 0.15) is 24.7 Å². The number of carbonyl (C=O) groups is 1. The van der Waals surface area contributed by atoms with Crippen molar-refractivity contribution in [3.8, 4) is 23.0 Å². The Morgan fingerprint density at radius 2 is 1.20 bits per heavy atom. The number of ether oxygens (including phenoxy) is 4. The molecule has 1 heterocycles. The van der Waals surface area contributed by atoms with E-state index in [0.29, 0.717) is 30.3 Å². The fraction of sp³-hybridized carbons (Fsp3) is 0.172. The van der Waals surface area contributed by atoms with Crippen LogP contribution in [0.25, 0.3) is 0 Å². The number of rotatable bonds is 11. The van der Waals surface area contributed by atoms with Crippen molar-refractivity contribution in [2.24, 2.45) is 0 Å². The second-order valence-corrected chi connectivity index (χ2v) is 7.89. The maximum absolute atomic E-state index is 12.9. The number of methoxy groups -OCH3 is 2. The van der Waals surface area contributed by atoms with Gasteiger partial charge in [-0.2, -0.15) is 0 Å². The van der Waals surface area contributed by atoms with Crippen molar-refractivity contribution >= 4 is 5.78 Å². The smallest absolute Gasteiger partial charge is 0.167 e. The summed E-state index contributed by atoms with van der Waals surface area (Å²) in [6.45, 7) is 0.679. The molecule has 1 aromatic heterocycles. The molecule has 4 rings (SSSR count). The Morgan fingerprint density at radius 1 is 0.657 bits per heavy atom. The number of carbonyl (C=O) groups excluding carboxylic acids is 1. The zero-order valence-electron chi connectivity index (χ0n) is 19.8. The third-order valence-electron chi connectivity index (χ3n) is 5.49. The molecule has 0 fully saturated rings. The molecular formula is C29H27NO5. The van der Waals surface area contributed by atoms with Crippen LogP contribution in [-0.2, 0) is 19.6 Å². The molecule has 6 heteroatoms. The normalized spacial score (nSPS) is 10.5. The molecule has 0 saturated heterocycles. The van der Waals surface area contributed by atoms with E-state index in [2.05, 4.69) is 4.98 Å². The highest BCUT2D eigenvalue weighted by molar-refractivity contribution is 5.98. The molecule has 4 aromatic rings. The SMILES string of the molecule is COc1ccc(COc2ccc(C(=O)Cc3ccncc3)cc2OCc2ccc(OC)cc2)cc1. The van der Waals surface area contributed by atoms with E-state index < -0.39 is 0 Å². The molecule has 178 valence electrons. The maximum Gasteiger partial charge on any atom is 0.167 e. The van der Waals surface area contributed by atoms with E-state index in [1.54, 1.807) is 44.8 Å². The van der Waals surface area contributed by atoms with Gasteiger partial charge < -0.3 is 18.9 Å². The molecule has 35 heavy (non-hydrogen) atoms. The third kappa shape index (κ3) is 6.60. The highest BCUT2D eigenvalue weighted by Gasteiger charge is 2.13. The lowest BCUT2D eigenvalue weighted by Crippen LogP contribution is -2.06. The van der Waals surface area contributed by atoms with Gasteiger partial charge in [-0.15, -0.1) is 0 Å². The number of ketones is 1. The number of nitrogens with zero attached hydrogens (tertiary/aromatic N) is 1. The number of aromatic nitrogens is 1. The molecule has 0 unspecified atom stereocenters. The molecule has 0 saturated carbocycles. The Balaban J connectivity index is 1.52. The molecule has 0 aliphatic heterocycles. The lowest BCUT2D eigenvalue weighted by Gasteiger charge is -2.15. The monoisotopic (exact) mass is 469 g/mol. The molecule has 0 amide bonds. The standard InChI is InChI=1S/C29H27NO5/c1-32-25-8-3-22(4-9-25)19-34-28-12-7-24(27(31)17-21-13-15-30-16-14-21)18-29(28)35-20-23-5-10-26(33-2)11-6-23/h3-16,18H,17,19-20H2,1-2H3. The van der Waals surface area contributed by atoms with Crippen molar-refractivity contribution in [3.05, 3.63) is 114 Å². The average Bonchev–Trinajstić information content (AvgIpc) is 2.92. The predicted molar refractivity (Wildman–Crippen MR) is 133 cm³/mol. The first-order valence-corrected chi connectivity index (χ1v) is 11.2.